The number of carbonyl (C=O) groups is 3. The minimum Gasteiger partial charge on any atom is -0.507 e. The average Bonchev–Trinajstić information content (AvgIpc) is 3.00. The Kier molecular flexibility index (Phi) is 21.2. The highest BCUT2D eigenvalue weighted by atomic mass is 16.5. The molecular weight excluding hydrogens is 568 g/mol. The summed E-state index contributed by atoms with van der Waals surface area (Å²) in [5, 5.41) is 24.4. The number of carboxylic acids is 1. The van der Waals surface area contributed by atoms with Gasteiger partial charge in [-0.05, 0) is 88.3 Å². The van der Waals surface area contributed by atoms with Crippen LogP contribution in [0.3, 0.4) is 0 Å². The third-order valence-electron chi connectivity index (χ3n) is 6.74. The molecule has 0 aliphatic heterocycles. The van der Waals surface area contributed by atoms with E-state index in [4.69, 9.17) is 4.74 Å². The molecule has 1 unspecified atom stereocenters. The molecule has 0 aromatic heterocycles. The maximum Gasteiger partial charge on any atom is 0.339 e. The van der Waals surface area contributed by atoms with Crippen molar-refractivity contribution in [3.05, 3.63) is 84.5 Å². The van der Waals surface area contributed by atoms with Crippen molar-refractivity contribution < 1.29 is 29.3 Å². The van der Waals surface area contributed by atoms with E-state index in [-0.39, 0.29) is 23.1 Å². The number of ether oxygens (including phenoxy) is 1. The number of anilines is 1. The lowest BCUT2D eigenvalue weighted by atomic mass is 10.0. The van der Waals surface area contributed by atoms with Gasteiger partial charge in [-0.15, -0.1) is 0 Å². The van der Waals surface area contributed by atoms with Gasteiger partial charge in [-0.3, -0.25) is 9.59 Å². The smallest absolute Gasteiger partial charge is 0.339 e. The summed E-state index contributed by atoms with van der Waals surface area (Å²) < 4.78 is 5.86. The van der Waals surface area contributed by atoms with Crippen molar-refractivity contribution in [1.82, 2.24) is 5.32 Å². The highest BCUT2D eigenvalue weighted by Crippen LogP contribution is 2.22. The molecule has 0 bridgehead atoms. The molecule has 0 aliphatic rings. The second-order valence-electron chi connectivity index (χ2n) is 11.2. The predicted octanol–water partition coefficient (Wildman–Crippen LogP) is 8.28. The van der Waals surface area contributed by atoms with E-state index in [1.807, 2.05) is 20.8 Å². The Labute approximate surface area is 270 Å². The van der Waals surface area contributed by atoms with Crippen LogP contribution < -0.4 is 10.6 Å². The van der Waals surface area contributed by atoms with Gasteiger partial charge in [-0.25, -0.2) is 4.79 Å². The number of unbranched alkanes of at least 4 members (excludes halogenated alkanes) is 2. The standard InChI is InChI=1S/C37H54N2O6/c1-5-7-8-9-10-11-12-13-14-15-16-17-18-19-20-21-22-23-26-45-34(6-2)36(42)39-32(27-29(3)4)35(41)38-30-24-25-33(40)31(28-30)37(43)44/h7-8,10-11,13-14,16-17,19-20,24-25,28-29,32,34,40H,5-6,9,12,15,18,21-23,26-27H2,1-4H3,(H,38,41)(H,39,42)(H,43,44)/b8-7-,11-10-,14-13-,17-16-,20-19-/t32?,34-/m1/s1. The van der Waals surface area contributed by atoms with E-state index in [1.165, 1.54) is 18.2 Å². The number of phenols is 1. The summed E-state index contributed by atoms with van der Waals surface area (Å²) in [6.45, 7) is 8.34. The fourth-order valence-corrected chi connectivity index (χ4v) is 4.32. The summed E-state index contributed by atoms with van der Waals surface area (Å²) >= 11 is 0. The summed E-state index contributed by atoms with van der Waals surface area (Å²) in [6, 6.07) is 2.97. The highest BCUT2D eigenvalue weighted by molar-refractivity contribution is 5.99. The van der Waals surface area contributed by atoms with E-state index in [0.29, 0.717) is 19.4 Å². The van der Waals surface area contributed by atoms with Gasteiger partial charge in [0.2, 0.25) is 11.8 Å². The van der Waals surface area contributed by atoms with Crippen molar-refractivity contribution in [2.75, 3.05) is 11.9 Å². The Hall–Kier alpha value is -3.91. The molecule has 4 N–H and O–H groups in total. The lowest BCUT2D eigenvalue weighted by Crippen LogP contribution is -2.48. The molecule has 0 aliphatic carbocycles. The summed E-state index contributed by atoms with van der Waals surface area (Å²) in [5.41, 5.74) is -0.105. The van der Waals surface area contributed by atoms with E-state index in [1.54, 1.807) is 0 Å². The average molecular weight is 623 g/mol. The number of carboxylic acid groups (broad SMARTS) is 1. The summed E-state index contributed by atoms with van der Waals surface area (Å²) in [6.07, 6.45) is 29.6. The summed E-state index contributed by atoms with van der Waals surface area (Å²) in [4.78, 5) is 37.3. The number of amides is 2. The number of carbonyl (C=O) groups excluding carboxylic acids is 2. The lowest BCUT2D eigenvalue weighted by Gasteiger charge is -2.23. The van der Waals surface area contributed by atoms with E-state index < -0.39 is 29.8 Å². The fourth-order valence-electron chi connectivity index (χ4n) is 4.32. The zero-order chi connectivity index (χ0) is 33.3. The quantitative estimate of drug-likeness (QED) is 0.0553. The normalized spacial score (nSPS) is 13.5. The molecule has 0 saturated heterocycles. The Morgan fingerprint density at radius 3 is 1.93 bits per heavy atom. The largest absolute Gasteiger partial charge is 0.507 e. The molecule has 0 spiro atoms. The zero-order valence-corrected chi connectivity index (χ0v) is 27.5. The van der Waals surface area contributed by atoms with Crippen molar-refractivity contribution in [2.24, 2.45) is 5.92 Å². The van der Waals surface area contributed by atoms with Gasteiger partial charge < -0.3 is 25.6 Å². The van der Waals surface area contributed by atoms with Gasteiger partial charge in [0.1, 0.15) is 23.5 Å². The van der Waals surface area contributed by atoms with Crippen LogP contribution in [0.1, 0.15) is 102 Å². The maximum absolute atomic E-state index is 13.0. The van der Waals surface area contributed by atoms with Crippen molar-refractivity contribution >= 4 is 23.5 Å². The molecule has 1 aromatic rings. The van der Waals surface area contributed by atoms with Gasteiger partial charge in [0, 0.05) is 12.3 Å². The van der Waals surface area contributed by atoms with E-state index in [2.05, 4.69) is 78.3 Å². The van der Waals surface area contributed by atoms with Gasteiger partial charge in [-0.2, -0.15) is 0 Å². The Morgan fingerprint density at radius 2 is 1.40 bits per heavy atom. The van der Waals surface area contributed by atoms with Crippen LogP contribution in [0.4, 0.5) is 5.69 Å². The van der Waals surface area contributed by atoms with Gasteiger partial charge >= 0.3 is 5.97 Å². The van der Waals surface area contributed by atoms with Gasteiger partial charge in [0.15, 0.2) is 0 Å². The zero-order valence-electron chi connectivity index (χ0n) is 27.5. The van der Waals surface area contributed by atoms with Crippen LogP contribution in [0.15, 0.2) is 79.0 Å². The van der Waals surface area contributed by atoms with Crippen LogP contribution in [-0.2, 0) is 14.3 Å². The van der Waals surface area contributed by atoms with Crippen molar-refractivity contribution in [3.8, 4) is 5.75 Å². The molecule has 2 amide bonds. The van der Waals surface area contributed by atoms with Crippen LogP contribution >= 0.6 is 0 Å². The molecule has 1 aromatic carbocycles. The van der Waals surface area contributed by atoms with E-state index >= 15 is 0 Å². The van der Waals surface area contributed by atoms with Crippen molar-refractivity contribution in [1.29, 1.82) is 0 Å². The summed E-state index contributed by atoms with van der Waals surface area (Å²) in [7, 11) is 0. The van der Waals surface area contributed by atoms with Crippen LogP contribution in [0, 0.1) is 5.92 Å². The minimum absolute atomic E-state index is 0.118. The molecule has 0 fully saturated rings. The van der Waals surface area contributed by atoms with Crippen LogP contribution in [-0.4, -0.2) is 46.7 Å². The molecule has 248 valence electrons. The second-order valence-corrected chi connectivity index (χ2v) is 11.2. The van der Waals surface area contributed by atoms with Crippen LogP contribution in [0.2, 0.25) is 0 Å². The number of aromatic carboxylic acids is 1. The number of nitrogens with one attached hydrogen (secondary N) is 2. The monoisotopic (exact) mass is 622 g/mol. The number of allylic oxidation sites excluding steroid dienone is 10. The number of hydrogen-bond acceptors (Lipinski definition) is 5. The fraction of sp³-hybridized carbons (Fsp3) is 0.486. The second kappa shape index (κ2) is 24.4. The van der Waals surface area contributed by atoms with Gasteiger partial charge in [0.05, 0.1) is 0 Å². The Morgan fingerprint density at radius 1 is 0.822 bits per heavy atom. The van der Waals surface area contributed by atoms with Crippen molar-refractivity contribution in [2.45, 2.75) is 104 Å². The Balaban J connectivity index is 2.37. The first-order valence-corrected chi connectivity index (χ1v) is 16.2. The van der Waals surface area contributed by atoms with E-state index in [0.717, 1.165) is 51.4 Å². The number of benzene rings is 1. The SMILES string of the molecule is CC/C=C\C/C=C\C/C=C\C/C=C\C/C=C\CCCCO[C@H](CC)C(=O)NC(CC(C)C)C(=O)Nc1ccc(O)c(C(=O)O)c1. The molecule has 1 rings (SSSR count). The van der Waals surface area contributed by atoms with E-state index in [9.17, 15) is 24.6 Å². The first-order chi connectivity index (χ1) is 21.7. The van der Waals surface area contributed by atoms with Gasteiger partial charge in [0.25, 0.3) is 0 Å². The first kappa shape index (κ1) is 39.1. The number of rotatable bonds is 23. The number of aromatic hydroxyl groups is 1. The molecule has 0 heterocycles. The molecule has 45 heavy (non-hydrogen) atoms. The lowest BCUT2D eigenvalue weighted by molar-refractivity contribution is -0.136. The number of hydrogen-bond donors (Lipinski definition) is 4. The molecule has 2 atom stereocenters. The predicted molar refractivity (Wildman–Crippen MR) is 183 cm³/mol. The maximum atomic E-state index is 13.0. The summed E-state index contributed by atoms with van der Waals surface area (Å²) in [5.74, 6) is -2.41. The van der Waals surface area contributed by atoms with Crippen molar-refractivity contribution in [3.63, 3.8) is 0 Å². The molecule has 8 nitrogen and oxygen atoms in total. The van der Waals surface area contributed by atoms with Crippen LogP contribution in [0.5, 0.6) is 5.75 Å². The third-order valence-corrected chi connectivity index (χ3v) is 6.74. The van der Waals surface area contributed by atoms with Crippen LogP contribution in [0.25, 0.3) is 0 Å². The molecule has 8 heteroatoms. The third kappa shape index (κ3) is 18.5. The first-order valence-electron chi connectivity index (χ1n) is 16.2. The highest BCUT2D eigenvalue weighted by Gasteiger charge is 2.26. The minimum atomic E-state index is -1.31. The van der Waals surface area contributed by atoms with Gasteiger partial charge in [-0.1, -0.05) is 88.5 Å². The Bertz CT molecular complexity index is 1170. The molecule has 0 radical (unpaired) electrons. The molecular formula is C37H54N2O6. The topological polar surface area (TPSA) is 125 Å². The molecule has 0 saturated carbocycles.